The first-order valence-corrected chi connectivity index (χ1v) is 12.5. The van der Waals surface area contributed by atoms with E-state index < -0.39 is 6.10 Å². The van der Waals surface area contributed by atoms with Gasteiger partial charge in [0.25, 0.3) is 5.56 Å². The van der Waals surface area contributed by atoms with Crippen LogP contribution in [0.5, 0.6) is 5.75 Å². The molecule has 9 heteroatoms. The van der Waals surface area contributed by atoms with E-state index in [-0.39, 0.29) is 12.2 Å². The summed E-state index contributed by atoms with van der Waals surface area (Å²) in [7, 11) is 1.62. The summed E-state index contributed by atoms with van der Waals surface area (Å²) in [6.07, 6.45) is 0.941. The third-order valence-corrected chi connectivity index (χ3v) is 6.33. The highest BCUT2D eigenvalue weighted by Crippen LogP contribution is 2.31. The molecule has 2 N–H and O–H groups in total. The number of benzene rings is 1. The number of aliphatic hydroxyl groups is 1. The minimum Gasteiger partial charge on any atom is -0.497 e. The highest BCUT2D eigenvalue weighted by molar-refractivity contribution is 7.17. The van der Waals surface area contributed by atoms with Crippen LogP contribution in [0.25, 0.3) is 21.3 Å². The van der Waals surface area contributed by atoms with Gasteiger partial charge in [0.2, 0.25) is 0 Å². The smallest absolute Gasteiger partial charge is 0.260 e. The lowest BCUT2D eigenvalue weighted by molar-refractivity contribution is 0.00421. The number of fused-ring (bicyclic) bond motifs is 1. The van der Waals surface area contributed by atoms with Crippen LogP contribution in [0.4, 0.5) is 0 Å². The number of methoxy groups -OCH3 is 1. The van der Waals surface area contributed by atoms with Crippen molar-refractivity contribution in [2.24, 2.45) is 5.92 Å². The van der Waals surface area contributed by atoms with Gasteiger partial charge in [-0.3, -0.25) is 9.69 Å². The van der Waals surface area contributed by atoms with Crippen LogP contribution in [-0.2, 0) is 17.8 Å². The highest BCUT2D eigenvalue weighted by atomic mass is 32.1. The Bertz CT molecular complexity index is 1260. The minimum absolute atomic E-state index is 0.184. The van der Waals surface area contributed by atoms with E-state index in [0.717, 1.165) is 22.6 Å². The van der Waals surface area contributed by atoms with Crippen molar-refractivity contribution in [2.75, 3.05) is 26.9 Å². The van der Waals surface area contributed by atoms with Crippen molar-refractivity contribution in [3.63, 3.8) is 0 Å². The van der Waals surface area contributed by atoms with Gasteiger partial charge in [0.1, 0.15) is 22.2 Å². The molecule has 35 heavy (non-hydrogen) atoms. The SMILES string of the molecule is COc1ccc(-c2csc3nc(CN(Cc4ccco4)C[C@@H](O)COCC(C)C)[nH]c(=O)c23)cc1. The van der Waals surface area contributed by atoms with Gasteiger partial charge in [-0.15, -0.1) is 11.3 Å². The van der Waals surface area contributed by atoms with Gasteiger partial charge in [0.05, 0.1) is 44.6 Å². The zero-order valence-corrected chi connectivity index (χ0v) is 21.0. The van der Waals surface area contributed by atoms with E-state index in [0.29, 0.717) is 48.2 Å². The van der Waals surface area contributed by atoms with Crippen molar-refractivity contribution in [1.29, 1.82) is 0 Å². The van der Waals surface area contributed by atoms with E-state index >= 15 is 0 Å². The van der Waals surface area contributed by atoms with Crippen molar-refractivity contribution in [3.05, 3.63) is 70.0 Å². The third kappa shape index (κ3) is 6.58. The molecule has 186 valence electrons. The largest absolute Gasteiger partial charge is 0.497 e. The Morgan fingerprint density at radius 3 is 2.66 bits per heavy atom. The van der Waals surface area contributed by atoms with Gasteiger partial charge in [-0.2, -0.15) is 0 Å². The second kappa shape index (κ2) is 11.6. The summed E-state index contributed by atoms with van der Waals surface area (Å²) in [5, 5.41) is 13.1. The maximum absolute atomic E-state index is 13.1. The fourth-order valence-electron chi connectivity index (χ4n) is 3.86. The molecule has 1 atom stereocenters. The van der Waals surface area contributed by atoms with E-state index in [1.165, 1.54) is 11.3 Å². The Kier molecular flexibility index (Phi) is 8.35. The normalized spacial score (nSPS) is 12.6. The van der Waals surface area contributed by atoms with E-state index in [4.69, 9.17) is 18.9 Å². The van der Waals surface area contributed by atoms with Gasteiger partial charge in [0, 0.05) is 24.1 Å². The van der Waals surface area contributed by atoms with Crippen LogP contribution in [0.3, 0.4) is 0 Å². The molecule has 0 spiro atoms. The van der Waals surface area contributed by atoms with Crippen LogP contribution < -0.4 is 10.3 Å². The first kappa shape index (κ1) is 25.1. The van der Waals surface area contributed by atoms with Crippen LogP contribution in [0, 0.1) is 5.92 Å². The second-order valence-corrected chi connectivity index (χ2v) is 9.76. The molecule has 0 unspecified atom stereocenters. The Morgan fingerprint density at radius 2 is 1.97 bits per heavy atom. The average molecular weight is 498 g/mol. The molecule has 3 aromatic heterocycles. The zero-order valence-electron chi connectivity index (χ0n) is 20.2. The van der Waals surface area contributed by atoms with E-state index in [9.17, 15) is 9.90 Å². The lowest BCUT2D eigenvalue weighted by Crippen LogP contribution is -2.35. The first-order valence-electron chi connectivity index (χ1n) is 11.6. The number of aliphatic hydroxyl groups excluding tert-OH is 1. The van der Waals surface area contributed by atoms with Crippen LogP contribution in [0.15, 0.2) is 57.3 Å². The number of H-pyrrole nitrogens is 1. The van der Waals surface area contributed by atoms with E-state index in [1.807, 2.05) is 46.7 Å². The molecular weight excluding hydrogens is 466 g/mol. The number of aromatic nitrogens is 2. The molecule has 0 saturated carbocycles. The standard InChI is InChI=1S/C26H31N3O5S/c1-17(2)14-33-15-19(30)11-29(12-21-5-4-10-34-21)13-23-27-25(31)24-22(16-35-26(24)28-23)18-6-8-20(32-3)9-7-18/h4-10,16-17,19,30H,11-15H2,1-3H3,(H,27,28,31)/t19-/m1/s1. The van der Waals surface area contributed by atoms with Crippen molar-refractivity contribution in [2.45, 2.75) is 33.0 Å². The monoisotopic (exact) mass is 497 g/mol. The van der Waals surface area contributed by atoms with E-state index in [1.54, 1.807) is 13.4 Å². The molecule has 4 rings (SSSR count). The van der Waals surface area contributed by atoms with Gasteiger partial charge in [-0.05, 0) is 35.7 Å². The fourth-order valence-corrected chi connectivity index (χ4v) is 4.83. The van der Waals surface area contributed by atoms with Gasteiger partial charge in [-0.25, -0.2) is 4.98 Å². The second-order valence-electron chi connectivity index (χ2n) is 8.90. The van der Waals surface area contributed by atoms with Gasteiger partial charge in [0.15, 0.2) is 0 Å². The van der Waals surface area contributed by atoms with Crippen LogP contribution in [0.2, 0.25) is 0 Å². The molecule has 1 aromatic carbocycles. The maximum atomic E-state index is 13.1. The molecule has 0 aliphatic rings. The van der Waals surface area contributed by atoms with Crippen LogP contribution >= 0.6 is 11.3 Å². The molecule has 0 aliphatic carbocycles. The Hall–Kier alpha value is -2.98. The topological polar surface area (TPSA) is 101 Å². The summed E-state index contributed by atoms with van der Waals surface area (Å²) in [5.41, 5.74) is 1.59. The van der Waals surface area contributed by atoms with Gasteiger partial charge < -0.3 is 24.0 Å². The minimum atomic E-state index is -0.678. The number of aromatic amines is 1. The number of rotatable bonds is 12. The van der Waals surface area contributed by atoms with Gasteiger partial charge in [-0.1, -0.05) is 26.0 Å². The summed E-state index contributed by atoms with van der Waals surface area (Å²) >= 11 is 1.44. The molecule has 4 aromatic rings. The Balaban J connectivity index is 1.54. The van der Waals surface area contributed by atoms with Crippen molar-refractivity contribution in [3.8, 4) is 16.9 Å². The number of nitrogens with one attached hydrogen (secondary N) is 1. The molecular formula is C26H31N3O5S. The molecule has 3 heterocycles. The number of hydrogen-bond acceptors (Lipinski definition) is 8. The Labute approximate surface area is 208 Å². The quantitative estimate of drug-likeness (QED) is 0.301. The van der Waals surface area contributed by atoms with Crippen molar-refractivity contribution < 1.29 is 19.0 Å². The van der Waals surface area contributed by atoms with E-state index in [2.05, 4.69) is 18.8 Å². The molecule has 0 bridgehead atoms. The summed E-state index contributed by atoms with van der Waals surface area (Å²) in [5.74, 6) is 2.46. The Morgan fingerprint density at radius 1 is 1.17 bits per heavy atom. The molecule has 0 saturated heterocycles. The lowest BCUT2D eigenvalue weighted by atomic mass is 10.1. The predicted molar refractivity (Wildman–Crippen MR) is 137 cm³/mol. The van der Waals surface area contributed by atoms with Gasteiger partial charge >= 0.3 is 0 Å². The average Bonchev–Trinajstić information content (AvgIpc) is 3.49. The maximum Gasteiger partial charge on any atom is 0.260 e. The summed E-state index contributed by atoms with van der Waals surface area (Å²) in [6.45, 7) is 6.14. The predicted octanol–water partition coefficient (Wildman–Crippen LogP) is 4.29. The third-order valence-electron chi connectivity index (χ3n) is 5.46. The van der Waals surface area contributed by atoms with Crippen molar-refractivity contribution >= 4 is 21.6 Å². The summed E-state index contributed by atoms with van der Waals surface area (Å²) in [4.78, 5) is 23.4. The number of thiophene rings is 1. The summed E-state index contributed by atoms with van der Waals surface area (Å²) in [6, 6.07) is 11.3. The number of ether oxygens (including phenoxy) is 2. The highest BCUT2D eigenvalue weighted by Gasteiger charge is 2.18. The van der Waals surface area contributed by atoms with Crippen LogP contribution in [0.1, 0.15) is 25.4 Å². The fraction of sp³-hybridized carbons (Fsp3) is 0.385. The molecule has 0 radical (unpaired) electrons. The number of hydrogen-bond donors (Lipinski definition) is 2. The number of nitrogens with zero attached hydrogens (tertiary/aromatic N) is 2. The first-order chi connectivity index (χ1) is 16.9. The summed E-state index contributed by atoms with van der Waals surface area (Å²) < 4.78 is 16.3. The molecule has 8 nitrogen and oxygen atoms in total. The zero-order chi connectivity index (χ0) is 24.8. The molecule has 0 amide bonds. The van der Waals surface area contributed by atoms with Crippen molar-refractivity contribution in [1.82, 2.24) is 14.9 Å². The number of furan rings is 1. The lowest BCUT2D eigenvalue weighted by Gasteiger charge is -2.24. The molecule has 0 aliphatic heterocycles. The molecule has 0 fully saturated rings. The van der Waals surface area contributed by atoms with Crippen LogP contribution in [-0.4, -0.2) is 52.9 Å².